The van der Waals surface area contributed by atoms with Crippen molar-refractivity contribution >= 4 is 13.8 Å². The third kappa shape index (κ3) is 38.1. The molecule has 0 amide bonds. The minimum atomic E-state index is -5.02. The molecule has 0 bridgehead atoms. The van der Waals surface area contributed by atoms with Gasteiger partial charge in [-0.3, -0.25) is 13.8 Å². The Bertz CT molecular complexity index is 1240. The number of allylic oxidation sites excluding steroid dienone is 4. The van der Waals surface area contributed by atoms with E-state index in [9.17, 15) is 39.8 Å². The average Bonchev–Trinajstić information content (AvgIpc) is 3.34. The lowest BCUT2D eigenvalue weighted by Gasteiger charge is -2.41. The third-order valence-electron chi connectivity index (χ3n) is 13.6. The molecule has 0 aromatic rings. The van der Waals surface area contributed by atoms with E-state index in [1.54, 1.807) is 0 Å². The predicted octanol–water partition coefficient (Wildman–Crippen LogP) is 13.6. The highest BCUT2D eigenvalue weighted by Gasteiger charge is 2.51. The van der Waals surface area contributed by atoms with Crippen LogP contribution in [-0.4, -0.2) is 98.9 Å². The van der Waals surface area contributed by atoms with E-state index in [0.717, 1.165) is 44.9 Å². The van der Waals surface area contributed by atoms with Gasteiger partial charge < -0.3 is 39.9 Å². The summed E-state index contributed by atoms with van der Waals surface area (Å²) >= 11 is 0. The molecular weight excluding hydrogens is 896 g/mol. The number of unbranched alkanes of at least 4 members (excludes halogenated alkanes) is 34. The number of phosphoric acid groups is 1. The molecule has 0 radical (unpaired) electrons. The Morgan fingerprint density at radius 2 is 0.812 bits per heavy atom. The molecule has 1 saturated carbocycles. The number of hydrogen-bond donors (Lipinski definition) is 6. The number of esters is 1. The second-order valence-electron chi connectivity index (χ2n) is 20.1. The number of rotatable bonds is 50. The van der Waals surface area contributed by atoms with E-state index in [-0.39, 0.29) is 13.0 Å². The highest BCUT2D eigenvalue weighted by Crippen LogP contribution is 2.47. The largest absolute Gasteiger partial charge is 0.472 e. The summed E-state index contributed by atoms with van der Waals surface area (Å²) in [6, 6.07) is 0. The van der Waals surface area contributed by atoms with Gasteiger partial charge in [0.25, 0.3) is 0 Å². The maximum absolute atomic E-state index is 12.9. The van der Waals surface area contributed by atoms with Gasteiger partial charge in [0.1, 0.15) is 42.7 Å². The number of phosphoric ester groups is 1. The maximum atomic E-state index is 12.9. The molecule has 6 atom stereocenters. The zero-order valence-electron chi connectivity index (χ0n) is 44.1. The van der Waals surface area contributed by atoms with E-state index in [1.807, 2.05) is 0 Å². The van der Waals surface area contributed by atoms with E-state index >= 15 is 0 Å². The summed E-state index contributed by atoms with van der Waals surface area (Å²) in [6.45, 7) is 4.30. The van der Waals surface area contributed by atoms with Crippen molar-refractivity contribution in [3.05, 3.63) is 24.3 Å². The van der Waals surface area contributed by atoms with Gasteiger partial charge in [0.05, 0.1) is 13.2 Å². The van der Waals surface area contributed by atoms with Crippen molar-refractivity contribution in [1.82, 2.24) is 0 Å². The molecule has 12 nitrogen and oxygen atoms in total. The lowest BCUT2D eigenvalue weighted by molar-refractivity contribution is -0.220. The Labute approximate surface area is 421 Å². The Hall–Kier alpha value is -1.18. The zero-order chi connectivity index (χ0) is 50.5. The van der Waals surface area contributed by atoms with Crippen LogP contribution in [0.1, 0.15) is 264 Å². The zero-order valence-corrected chi connectivity index (χ0v) is 45.0. The van der Waals surface area contributed by atoms with Gasteiger partial charge in [-0.25, -0.2) is 4.57 Å². The maximum Gasteiger partial charge on any atom is 0.472 e. The highest BCUT2D eigenvalue weighted by atomic mass is 31.2. The van der Waals surface area contributed by atoms with Crippen LogP contribution in [0.25, 0.3) is 0 Å². The minimum Gasteiger partial charge on any atom is -0.457 e. The first-order chi connectivity index (χ1) is 33.5. The molecule has 408 valence electrons. The van der Waals surface area contributed by atoms with E-state index in [0.29, 0.717) is 13.0 Å². The summed E-state index contributed by atoms with van der Waals surface area (Å²) in [4.78, 5) is 23.3. The minimum absolute atomic E-state index is 0.0726. The van der Waals surface area contributed by atoms with E-state index in [4.69, 9.17) is 18.5 Å². The van der Waals surface area contributed by atoms with Crippen molar-refractivity contribution in [3.63, 3.8) is 0 Å². The van der Waals surface area contributed by atoms with Gasteiger partial charge in [-0.15, -0.1) is 0 Å². The molecule has 1 fully saturated rings. The second kappa shape index (κ2) is 46.6. The van der Waals surface area contributed by atoms with Gasteiger partial charge in [-0.2, -0.15) is 0 Å². The molecule has 13 heteroatoms. The number of ether oxygens (including phenoxy) is 2. The highest BCUT2D eigenvalue weighted by molar-refractivity contribution is 7.47. The fraction of sp³-hybridized carbons (Fsp3) is 0.911. The number of hydrogen-bond acceptors (Lipinski definition) is 11. The Kier molecular flexibility index (Phi) is 44.5. The molecule has 69 heavy (non-hydrogen) atoms. The van der Waals surface area contributed by atoms with Crippen molar-refractivity contribution in [2.45, 2.75) is 307 Å². The molecule has 0 spiro atoms. The van der Waals surface area contributed by atoms with Crippen molar-refractivity contribution < 1.29 is 58.3 Å². The van der Waals surface area contributed by atoms with E-state index in [1.165, 1.54) is 193 Å². The molecule has 1 aliphatic carbocycles. The average molecular weight is 1000 g/mol. The summed E-state index contributed by atoms with van der Waals surface area (Å²) in [5.74, 6) is -0.471. The molecule has 1 aliphatic rings. The lowest BCUT2D eigenvalue weighted by Crippen LogP contribution is -2.64. The number of aliphatic hydroxyl groups is 5. The number of aliphatic hydroxyl groups excluding tert-OH is 5. The molecule has 1 rings (SSSR count). The Morgan fingerprint density at radius 3 is 1.22 bits per heavy atom. The normalized spacial score (nSPS) is 21.1. The van der Waals surface area contributed by atoms with Gasteiger partial charge in [0.15, 0.2) is 0 Å². The smallest absolute Gasteiger partial charge is 0.457 e. The molecule has 6 unspecified atom stereocenters. The van der Waals surface area contributed by atoms with Crippen LogP contribution in [0.4, 0.5) is 0 Å². The second-order valence-corrected chi connectivity index (χ2v) is 21.6. The summed E-state index contributed by atoms with van der Waals surface area (Å²) in [7, 11) is -5.02. The summed E-state index contributed by atoms with van der Waals surface area (Å²) in [6.07, 6.45) is 43.9. The van der Waals surface area contributed by atoms with Crippen molar-refractivity contribution in [3.8, 4) is 0 Å². The molecule has 0 saturated heterocycles. The fourth-order valence-corrected chi connectivity index (χ4v) is 10.0. The monoisotopic (exact) mass is 1000 g/mol. The molecule has 0 aromatic heterocycles. The van der Waals surface area contributed by atoms with E-state index in [2.05, 4.69) is 38.2 Å². The quantitative estimate of drug-likeness (QED) is 0.0146. The first-order valence-corrected chi connectivity index (χ1v) is 30.2. The van der Waals surface area contributed by atoms with Crippen molar-refractivity contribution in [2.24, 2.45) is 0 Å². The van der Waals surface area contributed by atoms with Crippen molar-refractivity contribution in [2.75, 3.05) is 19.8 Å². The number of carbonyl (C=O) groups excluding carboxylic acids is 1. The van der Waals surface area contributed by atoms with Crippen LogP contribution in [0.2, 0.25) is 0 Å². The molecule has 0 heterocycles. The first-order valence-electron chi connectivity index (χ1n) is 28.7. The van der Waals surface area contributed by atoms with Crippen LogP contribution in [0.3, 0.4) is 0 Å². The van der Waals surface area contributed by atoms with Gasteiger partial charge >= 0.3 is 13.8 Å². The fourth-order valence-electron chi connectivity index (χ4n) is 9.04. The van der Waals surface area contributed by atoms with Crippen LogP contribution in [-0.2, 0) is 27.9 Å². The standard InChI is InChI=1S/C56H107O12P/c1-3-5-7-9-11-13-15-17-19-21-23-24-25-26-27-28-30-32-34-36-38-40-42-44-46-65-47-49(48-66-69(63,64)68-56-54(61)52(59)51(58)53(60)55(56)62)67-50(57)45-43-41-39-37-35-33-31-29-22-20-18-16-14-12-10-8-6-4-2/h15,17,21,23,49,51-56,58-62H,3-14,16,18-20,22,24-48H2,1-2H3,(H,63,64)/b17-15-,23-21-. The predicted molar refractivity (Wildman–Crippen MR) is 281 cm³/mol. The van der Waals surface area contributed by atoms with Gasteiger partial charge in [0, 0.05) is 13.0 Å². The van der Waals surface area contributed by atoms with Crippen LogP contribution in [0.15, 0.2) is 24.3 Å². The van der Waals surface area contributed by atoms with Gasteiger partial charge in [-0.05, 0) is 44.9 Å². The molecular formula is C56H107O12P. The first kappa shape index (κ1) is 65.8. The molecule has 6 N–H and O–H groups in total. The lowest BCUT2D eigenvalue weighted by atomic mass is 9.85. The van der Waals surface area contributed by atoms with Crippen LogP contribution < -0.4 is 0 Å². The van der Waals surface area contributed by atoms with Crippen LogP contribution >= 0.6 is 7.82 Å². The van der Waals surface area contributed by atoms with Gasteiger partial charge in [0.2, 0.25) is 0 Å². The molecule has 0 aromatic carbocycles. The Balaban J connectivity index is 2.27. The SMILES string of the molecule is CCCCCCC/C=C\C/C=C\CCCCCCCCCCCCCCOCC(COP(=O)(O)OC1C(O)C(O)C(O)C(O)C1O)OC(=O)CCCCCCCCCCCCCCCCCCCC. The van der Waals surface area contributed by atoms with Crippen molar-refractivity contribution in [1.29, 1.82) is 0 Å². The summed E-state index contributed by atoms with van der Waals surface area (Å²) in [5, 5.41) is 50.4. The third-order valence-corrected chi connectivity index (χ3v) is 14.6. The summed E-state index contributed by atoms with van der Waals surface area (Å²) < 4.78 is 34.4. The van der Waals surface area contributed by atoms with Crippen LogP contribution in [0, 0.1) is 0 Å². The number of carbonyl (C=O) groups is 1. The Morgan fingerprint density at radius 1 is 0.464 bits per heavy atom. The topological polar surface area (TPSA) is 192 Å². The van der Waals surface area contributed by atoms with Crippen LogP contribution in [0.5, 0.6) is 0 Å². The molecule has 0 aliphatic heterocycles. The summed E-state index contributed by atoms with van der Waals surface area (Å²) in [5.41, 5.74) is 0. The van der Waals surface area contributed by atoms with E-state index < -0.39 is 63.1 Å². The van der Waals surface area contributed by atoms with Gasteiger partial charge in [-0.1, -0.05) is 237 Å².